The van der Waals surface area contributed by atoms with Crippen molar-refractivity contribution in [1.82, 2.24) is 6.15 Å². The zero-order valence-corrected chi connectivity index (χ0v) is 9.35. The van der Waals surface area contributed by atoms with Crippen molar-refractivity contribution in [2.75, 3.05) is 5.75 Å². The lowest BCUT2D eigenvalue weighted by atomic mass is 10.1. The van der Waals surface area contributed by atoms with Gasteiger partial charge in [0.05, 0.1) is 0 Å². The quantitative estimate of drug-likeness (QED) is 0.779. The fraction of sp³-hybridized carbons (Fsp3) is 0.364. The Kier molecular flexibility index (Phi) is 7.16. The predicted octanol–water partition coefficient (Wildman–Crippen LogP) is 3.06. The minimum Gasteiger partial charge on any atom is -0.344 e. The Morgan fingerprint density at radius 1 is 1.29 bits per heavy atom. The summed E-state index contributed by atoms with van der Waals surface area (Å²) in [4.78, 5) is 10.6. The Balaban J connectivity index is 0.00000169. The van der Waals surface area contributed by atoms with Gasteiger partial charge in [0, 0.05) is 12.7 Å². The van der Waals surface area contributed by atoms with Gasteiger partial charge in [-0.3, -0.25) is 4.79 Å². The maximum atomic E-state index is 10.6. The smallest absolute Gasteiger partial charge is 0.185 e. The zero-order chi connectivity index (χ0) is 9.52. The van der Waals surface area contributed by atoms with Crippen LogP contribution in [0.2, 0.25) is 0 Å². The molecule has 14 heavy (non-hydrogen) atoms. The molecule has 0 aliphatic carbocycles. The Morgan fingerprint density at radius 3 is 2.50 bits per heavy atom. The first-order chi connectivity index (χ1) is 6.29. The standard InChI is InChI=1S/C11H14OS.H3N/c1-10(12)13-9-5-8-11-6-3-2-4-7-11;/h2-4,6-7H,5,8-9H2,1H3;1H3. The highest BCUT2D eigenvalue weighted by atomic mass is 32.2. The van der Waals surface area contributed by atoms with Crippen molar-refractivity contribution in [3.8, 4) is 0 Å². The largest absolute Gasteiger partial charge is 0.344 e. The highest BCUT2D eigenvalue weighted by Crippen LogP contribution is 2.08. The van der Waals surface area contributed by atoms with E-state index in [2.05, 4.69) is 12.1 Å². The molecule has 0 amide bonds. The van der Waals surface area contributed by atoms with Crippen LogP contribution in [0.1, 0.15) is 18.9 Å². The molecule has 0 unspecified atom stereocenters. The van der Waals surface area contributed by atoms with Gasteiger partial charge < -0.3 is 6.15 Å². The van der Waals surface area contributed by atoms with E-state index in [0.717, 1.165) is 18.6 Å². The summed E-state index contributed by atoms with van der Waals surface area (Å²) in [5, 5.41) is 0.216. The summed E-state index contributed by atoms with van der Waals surface area (Å²) in [6.45, 7) is 1.62. The highest BCUT2D eigenvalue weighted by molar-refractivity contribution is 8.13. The normalized spacial score (nSPS) is 9.21. The lowest BCUT2D eigenvalue weighted by molar-refractivity contribution is -0.109. The molecule has 0 saturated heterocycles. The van der Waals surface area contributed by atoms with Gasteiger partial charge in [0.1, 0.15) is 0 Å². The second-order valence-corrected chi connectivity index (χ2v) is 4.20. The summed E-state index contributed by atoms with van der Waals surface area (Å²) in [6.07, 6.45) is 2.15. The van der Waals surface area contributed by atoms with Crippen LogP contribution < -0.4 is 6.15 Å². The van der Waals surface area contributed by atoms with Crippen LogP contribution in [0.3, 0.4) is 0 Å². The molecule has 0 aromatic heterocycles. The van der Waals surface area contributed by atoms with E-state index >= 15 is 0 Å². The van der Waals surface area contributed by atoms with Crippen molar-refractivity contribution >= 4 is 16.9 Å². The molecule has 0 spiro atoms. The number of benzene rings is 1. The van der Waals surface area contributed by atoms with Crippen LogP contribution in [0.5, 0.6) is 0 Å². The van der Waals surface area contributed by atoms with Crippen molar-refractivity contribution in [2.24, 2.45) is 0 Å². The molecule has 0 radical (unpaired) electrons. The topological polar surface area (TPSA) is 52.1 Å². The first-order valence-corrected chi connectivity index (χ1v) is 5.45. The number of hydrogen-bond acceptors (Lipinski definition) is 3. The Bertz CT molecular complexity index is 261. The molecule has 1 aromatic rings. The summed E-state index contributed by atoms with van der Waals surface area (Å²) in [7, 11) is 0. The predicted molar refractivity (Wildman–Crippen MR) is 62.9 cm³/mol. The van der Waals surface area contributed by atoms with E-state index in [4.69, 9.17) is 0 Å². The minimum atomic E-state index is 0. The number of carbonyl (C=O) groups is 1. The molecule has 1 rings (SSSR count). The molecule has 0 fully saturated rings. The lowest BCUT2D eigenvalue weighted by Gasteiger charge is -1.99. The monoisotopic (exact) mass is 211 g/mol. The van der Waals surface area contributed by atoms with E-state index in [1.54, 1.807) is 6.92 Å². The van der Waals surface area contributed by atoms with Gasteiger partial charge in [-0.2, -0.15) is 0 Å². The zero-order valence-electron chi connectivity index (χ0n) is 8.53. The van der Waals surface area contributed by atoms with Gasteiger partial charge in [-0.1, -0.05) is 42.1 Å². The molecule has 78 valence electrons. The summed E-state index contributed by atoms with van der Waals surface area (Å²) in [5.74, 6) is 0.935. The van der Waals surface area contributed by atoms with Crippen LogP contribution in [0.25, 0.3) is 0 Å². The molecule has 3 heteroatoms. The first-order valence-electron chi connectivity index (χ1n) is 4.46. The maximum Gasteiger partial charge on any atom is 0.185 e. The van der Waals surface area contributed by atoms with E-state index in [0.29, 0.717) is 0 Å². The van der Waals surface area contributed by atoms with Gasteiger partial charge >= 0.3 is 0 Å². The van der Waals surface area contributed by atoms with Crippen LogP contribution in [-0.2, 0) is 11.2 Å². The summed E-state index contributed by atoms with van der Waals surface area (Å²) in [6, 6.07) is 10.4. The van der Waals surface area contributed by atoms with Gasteiger partial charge in [-0.15, -0.1) is 0 Å². The second kappa shape index (κ2) is 7.59. The van der Waals surface area contributed by atoms with Crippen molar-refractivity contribution in [2.45, 2.75) is 19.8 Å². The Morgan fingerprint density at radius 2 is 1.93 bits per heavy atom. The van der Waals surface area contributed by atoms with Gasteiger partial charge in [0.2, 0.25) is 0 Å². The van der Waals surface area contributed by atoms with Gasteiger partial charge in [0.25, 0.3) is 0 Å². The van der Waals surface area contributed by atoms with Crippen LogP contribution in [0.4, 0.5) is 0 Å². The molecule has 0 bridgehead atoms. The highest BCUT2D eigenvalue weighted by Gasteiger charge is 1.95. The first kappa shape index (κ1) is 13.2. The van der Waals surface area contributed by atoms with Crippen LogP contribution in [-0.4, -0.2) is 10.9 Å². The fourth-order valence-electron chi connectivity index (χ4n) is 1.14. The van der Waals surface area contributed by atoms with Gasteiger partial charge in [-0.25, -0.2) is 0 Å². The molecule has 3 N–H and O–H groups in total. The van der Waals surface area contributed by atoms with Gasteiger partial charge in [-0.05, 0) is 18.4 Å². The van der Waals surface area contributed by atoms with Crippen molar-refractivity contribution in [3.05, 3.63) is 35.9 Å². The van der Waals surface area contributed by atoms with E-state index in [-0.39, 0.29) is 11.3 Å². The van der Waals surface area contributed by atoms with Crippen molar-refractivity contribution < 1.29 is 4.79 Å². The SMILES string of the molecule is CC(=O)SCCCc1ccccc1.N. The third-order valence-electron chi connectivity index (χ3n) is 1.76. The van der Waals surface area contributed by atoms with E-state index in [1.165, 1.54) is 17.3 Å². The summed E-state index contributed by atoms with van der Waals surface area (Å²) in [5.41, 5.74) is 1.35. The van der Waals surface area contributed by atoms with E-state index in [1.807, 2.05) is 18.2 Å². The molecule has 1 aromatic carbocycles. The molecular weight excluding hydrogens is 194 g/mol. The average Bonchev–Trinajstić information content (AvgIpc) is 2.14. The van der Waals surface area contributed by atoms with Crippen LogP contribution in [0.15, 0.2) is 30.3 Å². The fourth-order valence-corrected chi connectivity index (χ4v) is 1.71. The number of rotatable bonds is 4. The lowest BCUT2D eigenvalue weighted by Crippen LogP contribution is -1.90. The molecule has 0 aliphatic heterocycles. The summed E-state index contributed by atoms with van der Waals surface area (Å²) < 4.78 is 0. The second-order valence-electron chi connectivity index (χ2n) is 2.93. The van der Waals surface area contributed by atoms with Crippen LogP contribution in [0, 0.1) is 0 Å². The molecule has 0 heterocycles. The minimum absolute atomic E-state index is 0. The third-order valence-corrected chi connectivity index (χ3v) is 2.66. The van der Waals surface area contributed by atoms with Crippen molar-refractivity contribution in [1.29, 1.82) is 0 Å². The number of carbonyl (C=O) groups excluding carboxylic acids is 1. The van der Waals surface area contributed by atoms with Gasteiger partial charge in [0.15, 0.2) is 5.12 Å². The Labute approximate surface area is 89.7 Å². The van der Waals surface area contributed by atoms with Crippen molar-refractivity contribution in [3.63, 3.8) is 0 Å². The molecule has 0 atom stereocenters. The number of hydrogen-bond donors (Lipinski definition) is 1. The summed E-state index contributed by atoms with van der Waals surface area (Å²) >= 11 is 1.41. The van der Waals surface area contributed by atoms with E-state index < -0.39 is 0 Å². The average molecular weight is 211 g/mol. The number of thioether (sulfide) groups is 1. The maximum absolute atomic E-state index is 10.6. The van der Waals surface area contributed by atoms with E-state index in [9.17, 15) is 4.79 Å². The molecule has 2 nitrogen and oxygen atoms in total. The number of aryl methyl sites for hydroxylation is 1. The molecule has 0 saturated carbocycles. The molecular formula is C11H17NOS. The van der Waals surface area contributed by atoms with Crippen LogP contribution >= 0.6 is 11.8 Å². The Hall–Kier alpha value is -0.800. The third kappa shape index (κ3) is 5.78. The molecule has 0 aliphatic rings.